The monoisotopic (exact) mass is 398 g/mol. The van der Waals surface area contributed by atoms with E-state index in [2.05, 4.69) is 10.3 Å². The Kier molecular flexibility index (Phi) is 6.16. The molecule has 0 radical (unpaired) electrons. The molecule has 0 saturated heterocycles. The van der Waals surface area contributed by atoms with Gasteiger partial charge in [-0.3, -0.25) is 0 Å². The van der Waals surface area contributed by atoms with Gasteiger partial charge in [0.1, 0.15) is 11.5 Å². The standard InChI is InChI=1S/C21H22N2O4S/c1-13(2)26-17-7-9-18(10-8-17)27-21-22-12-19(28-21)16-6-4-5-15(11-16)14(3)23-20(24)25/h4-14,23H,1-3H3,(H,24,25). The molecule has 0 aliphatic carbocycles. The summed E-state index contributed by atoms with van der Waals surface area (Å²) < 4.78 is 11.5. The molecule has 28 heavy (non-hydrogen) atoms. The number of thiazole rings is 1. The van der Waals surface area contributed by atoms with E-state index in [0.29, 0.717) is 10.9 Å². The van der Waals surface area contributed by atoms with Gasteiger partial charge in [-0.05, 0) is 62.2 Å². The Morgan fingerprint density at radius 1 is 1.11 bits per heavy atom. The number of nitrogens with zero attached hydrogens (tertiary/aromatic N) is 1. The van der Waals surface area contributed by atoms with Crippen LogP contribution < -0.4 is 14.8 Å². The third-order valence-electron chi connectivity index (χ3n) is 3.90. The van der Waals surface area contributed by atoms with E-state index < -0.39 is 6.09 Å². The highest BCUT2D eigenvalue weighted by atomic mass is 32.1. The minimum Gasteiger partial charge on any atom is -0.491 e. The Morgan fingerprint density at radius 3 is 2.50 bits per heavy atom. The lowest BCUT2D eigenvalue weighted by Gasteiger charge is -2.12. The molecular formula is C21H22N2O4S. The van der Waals surface area contributed by atoms with Crippen molar-refractivity contribution in [3.63, 3.8) is 0 Å². The fourth-order valence-electron chi connectivity index (χ4n) is 2.63. The molecule has 1 unspecified atom stereocenters. The molecular weight excluding hydrogens is 376 g/mol. The summed E-state index contributed by atoms with van der Waals surface area (Å²) in [5.74, 6) is 1.48. The number of ether oxygens (including phenoxy) is 2. The van der Waals surface area contributed by atoms with E-state index in [1.807, 2.05) is 62.4 Å². The summed E-state index contributed by atoms with van der Waals surface area (Å²) in [7, 11) is 0. The smallest absolute Gasteiger partial charge is 0.405 e. The summed E-state index contributed by atoms with van der Waals surface area (Å²) in [5, 5.41) is 11.9. The fourth-order valence-corrected chi connectivity index (χ4v) is 3.41. The SMILES string of the molecule is CC(C)Oc1ccc(Oc2ncc(-c3cccc(C(C)NC(=O)O)c3)s2)cc1. The Hall–Kier alpha value is -3.06. The van der Waals surface area contributed by atoms with Crippen molar-refractivity contribution < 1.29 is 19.4 Å². The molecule has 1 aromatic heterocycles. The zero-order valence-electron chi connectivity index (χ0n) is 15.9. The first kappa shape index (κ1) is 19.7. The van der Waals surface area contributed by atoms with Crippen LogP contribution in [0.5, 0.6) is 16.7 Å². The minimum absolute atomic E-state index is 0.123. The number of nitrogens with one attached hydrogen (secondary N) is 1. The first-order valence-corrected chi connectivity index (χ1v) is 9.72. The summed E-state index contributed by atoms with van der Waals surface area (Å²) in [5.41, 5.74) is 1.85. The first-order chi connectivity index (χ1) is 13.4. The van der Waals surface area contributed by atoms with Gasteiger partial charge in [0.2, 0.25) is 0 Å². The molecule has 0 saturated carbocycles. The maximum Gasteiger partial charge on any atom is 0.405 e. The number of hydrogen-bond donors (Lipinski definition) is 2. The number of rotatable bonds is 7. The van der Waals surface area contributed by atoms with E-state index >= 15 is 0 Å². The van der Waals surface area contributed by atoms with Crippen molar-refractivity contribution in [2.75, 3.05) is 0 Å². The molecule has 7 heteroatoms. The van der Waals surface area contributed by atoms with Gasteiger partial charge in [-0.1, -0.05) is 29.5 Å². The quantitative estimate of drug-likeness (QED) is 0.532. The van der Waals surface area contributed by atoms with Gasteiger partial charge >= 0.3 is 6.09 Å². The number of amides is 1. The van der Waals surface area contributed by atoms with Gasteiger partial charge in [-0.15, -0.1) is 0 Å². The van der Waals surface area contributed by atoms with Crippen LogP contribution in [-0.4, -0.2) is 22.3 Å². The molecule has 0 bridgehead atoms. The van der Waals surface area contributed by atoms with Gasteiger partial charge < -0.3 is 19.9 Å². The van der Waals surface area contributed by atoms with Gasteiger partial charge in [-0.25, -0.2) is 9.78 Å². The Labute approximate surface area is 167 Å². The third kappa shape index (κ3) is 5.23. The molecule has 146 valence electrons. The van der Waals surface area contributed by atoms with Crippen LogP contribution in [0.4, 0.5) is 4.79 Å². The predicted octanol–water partition coefficient (Wildman–Crippen LogP) is 5.72. The van der Waals surface area contributed by atoms with Crippen LogP contribution in [0.1, 0.15) is 32.4 Å². The van der Waals surface area contributed by atoms with Crippen LogP contribution in [0.25, 0.3) is 10.4 Å². The molecule has 0 spiro atoms. The van der Waals surface area contributed by atoms with Crippen LogP contribution in [0.15, 0.2) is 54.7 Å². The number of carbonyl (C=O) groups is 1. The lowest BCUT2D eigenvalue weighted by Crippen LogP contribution is -2.24. The van der Waals surface area contributed by atoms with Gasteiger partial charge in [0.05, 0.1) is 17.0 Å². The Morgan fingerprint density at radius 2 is 1.82 bits per heavy atom. The zero-order valence-corrected chi connectivity index (χ0v) is 16.7. The van der Waals surface area contributed by atoms with Crippen molar-refractivity contribution in [3.8, 4) is 27.1 Å². The highest BCUT2D eigenvalue weighted by molar-refractivity contribution is 7.16. The van der Waals surface area contributed by atoms with Gasteiger partial charge in [0.25, 0.3) is 5.19 Å². The number of hydrogen-bond acceptors (Lipinski definition) is 5. The second-order valence-electron chi connectivity index (χ2n) is 6.53. The summed E-state index contributed by atoms with van der Waals surface area (Å²) in [6.45, 7) is 5.77. The average Bonchev–Trinajstić information content (AvgIpc) is 3.11. The molecule has 1 atom stereocenters. The minimum atomic E-state index is -1.05. The van der Waals surface area contributed by atoms with Crippen molar-refractivity contribution in [2.45, 2.75) is 32.9 Å². The first-order valence-electron chi connectivity index (χ1n) is 8.91. The lowest BCUT2D eigenvalue weighted by atomic mass is 10.0. The van der Waals surface area contributed by atoms with Crippen molar-refractivity contribution >= 4 is 17.4 Å². The maximum atomic E-state index is 10.8. The molecule has 0 aliphatic rings. The highest BCUT2D eigenvalue weighted by Gasteiger charge is 2.11. The second-order valence-corrected chi connectivity index (χ2v) is 7.52. The lowest BCUT2D eigenvalue weighted by molar-refractivity contribution is 0.191. The van der Waals surface area contributed by atoms with E-state index in [4.69, 9.17) is 14.6 Å². The third-order valence-corrected chi connectivity index (χ3v) is 4.82. The fraction of sp³-hybridized carbons (Fsp3) is 0.238. The Bertz CT molecular complexity index is 938. The normalized spacial score (nSPS) is 11.9. The van der Waals surface area contributed by atoms with Crippen molar-refractivity contribution in [1.82, 2.24) is 10.3 Å². The number of carboxylic acid groups (broad SMARTS) is 1. The van der Waals surface area contributed by atoms with Gasteiger partial charge in [0, 0.05) is 6.20 Å². The van der Waals surface area contributed by atoms with Crippen LogP contribution in [0.2, 0.25) is 0 Å². The summed E-state index contributed by atoms with van der Waals surface area (Å²) in [4.78, 5) is 16.1. The van der Waals surface area contributed by atoms with Gasteiger partial charge in [-0.2, -0.15) is 0 Å². The largest absolute Gasteiger partial charge is 0.491 e. The van der Waals surface area contributed by atoms with Crippen LogP contribution in [0.3, 0.4) is 0 Å². The van der Waals surface area contributed by atoms with Crippen molar-refractivity contribution in [1.29, 1.82) is 0 Å². The van der Waals surface area contributed by atoms with Crippen LogP contribution >= 0.6 is 11.3 Å². The summed E-state index contributed by atoms with van der Waals surface area (Å²) in [6.07, 6.45) is 0.832. The molecule has 2 N–H and O–H groups in total. The van der Waals surface area contributed by atoms with Crippen LogP contribution in [0, 0.1) is 0 Å². The molecule has 3 aromatic rings. The average molecular weight is 398 g/mol. The molecule has 0 fully saturated rings. The summed E-state index contributed by atoms with van der Waals surface area (Å²) >= 11 is 1.43. The number of benzene rings is 2. The molecule has 0 aliphatic heterocycles. The number of aromatic nitrogens is 1. The second kappa shape index (κ2) is 8.75. The molecule has 1 heterocycles. The predicted molar refractivity (Wildman–Crippen MR) is 109 cm³/mol. The molecule has 3 rings (SSSR count). The topological polar surface area (TPSA) is 80.7 Å². The van der Waals surface area contributed by atoms with E-state index in [1.54, 1.807) is 13.1 Å². The maximum absolute atomic E-state index is 10.8. The van der Waals surface area contributed by atoms with E-state index in [-0.39, 0.29) is 12.1 Å². The van der Waals surface area contributed by atoms with Crippen molar-refractivity contribution in [2.24, 2.45) is 0 Å². The molecule has 6 nitrogen and oxygen atoms in total. The Balaban J connectivity index is 1.71. The van der Waals surface area contributed by atoms with E-state index in [0.717, 1.165) is 21.8 Å². The molecule has 1 amide bonds. The molecule has 2 aromatic carbocycles. The summed E-state index contributed by atoms with van der Waals surface area (Å²) in [6, 6.07) is 14.8. The van der Waals surface area contributed by atoms with E-state index in [1.165, 1.54) is 11.3 Å². The van der Waals surface area contributed by atoms with Crippen molar-refractivity contribution in [3.05, 3.63) is 60.3 Å². The zero-order chi connectivity index (χ0) is 20.1. The van der Waals surface area contributed by atoms with E-state index in [9.17, 15) is 4.79 Å². The van der Waals surface area contributed by atoms with Crippen LogP contribution in [-0.2, 0) is 0 Å². The van der Waals surface area contributed by atoms with Gasteiger partial charge in [0.15, 0.2) is 0 Å². The highest BCUT2D eigenvalue weighted by Crippen LogP contribution is 2.34.